The number of hydrogen-bond acceptors (Lipinski definition) is 3. The van der Waals surface area contributed by atoms with E-state index in [1.54, 1.807) is 11.1 Å². The van der Waals surface area contributed by atoms with Crippen LogP contribution in [0.1, 0.15) is 111 Å². The molecule has 11 atom stereocenters. The van der Waals surface area contributed by atoms with Gasteiger partial charge in [0.1, 0.15) is 0 Å². The van der Waals surface area contributed by atoms with Crippen molar-refractivity contribution in [2.24, 2.45) is 44.8 Å². The summed E-state index contributed by atoms with van der Waals surface area (Å²) in [5.41, 5.74) is 7.06. The van der Waals surface area contributed by atoms with Crippen molar-refractivity contribution in [3.63, 3.8) is 0 Å². The van der Waals surface area contributed by atoms with Gasteiger partial charge in [0.15, 0.2) is 0 Å². The van der Waals surface area contributed by atoms with Crippen LogP contribution >= 0.6 is 0 Å². The molecule has 42 heavy (non-hydrogen) atoms. The van der Waals surface area contributed by atoms with Crippen molar-refractivity contribution >= 4 is 0 Å². The average molecular weight is 570 g/mol. The van der Waals surface area contributed by atoms with E-state index in [0.717, 1.165) is 37.9 Å². The standard InChI is InChI=1S/C39H55NO2/c1-5-42-23-14-30-8-6-15-35(30)24-28(3)37-19-10-27(2)32(37)25-39(35)33(37,4)16-11-31-12-17-34-20-21-38(31,39)40-26-36(34,40)18-13-29(34)9-7-22-41/h11-12,17,20-21,28-30,41H,5-10,13-16,18-19,22-26H2,1-4H3/t28-,29+,30-,33-,34+,35+,36+,37-,38+,39-,40?/m1/s1. The van der Waals surface area contributed by atoms with Crippen LogP contribution in [0.4, 0.5) is 0 Å². The normalized spacial score (nSPS) is 55.4. The van der Waals surface area contributed by atoms with Gasteiger partial charge in [0.25, 0.3) is 0 Å². The Morgan fingerprint density at radius 3 is 2.79 bits per heavy atom. The smallest absolute Gasteiger partial charge is 0.0719 e. The molecule has 1 saturated heterocycles. The molecule has 3 nitrogen and oxygen atoms in total. The van der Waals surface area contributed by atoms with E-state index in [9.17, 15) is 5.11 Å². The first-order chi connectivity index (χ1) is 20.3. The van der Waals surface area contributed by atoms with Gasteiger partial charge in [-0.1, -0.05) is 61.8 Å². The molecule has 3 heteroatoms. The third-order valence-electron chi connectivity index (χ3n) is 16.8. The highest BCUT2D eigenvalue weighted by atomic mass is 16.5. The zero-order valence-electron chi connectivity index (χ0n) is 26.9. The summed E-state index contributed by atoms with van der Waals surface area (Å²) < 4.78 is 6.12. The Hall–Kier alpha value is -1.16. The van der Waals surface area contributed by atoms with E-state index in [0.29, 0.717) is 28.9 Å². The van der Waals surface area contributed by atoms with Crippen LogP contribution in [0.2, 0.25) is 0 Å². The van der Waals surface area contributed by atoms with Crippen molar-refractivity contribution in [1.82, 2.24) is 4.90 Å². The van der Waals surface area contributed by atoms with Crippen molar-refractivity contribution in [3.8, 4) is 0 Å². The van der Waals surface area contributed by atoms with Crippen molar-refractivity contribution in [1.29, 1.82) is 0 Å². The minimum atomic E-state index is 0.0152. The highest BCUT2D eigenvalue weighted by Gasteiger charge is 2.89. The maximum Gasteiger partial charge on any atom is 0.0719 e. The first kappa shape index (κ1) is 27.2. The van der Waals surface area contributed by atoms with Gasteiger partial charge in [0, 0.05) is 48.1 Å². The van der Waals surface area contributed by atoms with Gasteiger partial charge in [-0.15, -0.1) is 0 Å². The lowest BCUT2D eigenvalue weighted by Crippen LogP contribution is -2.74. The SMILES string of the molecule is CCOCC[C@H]1CCC[C@]12C[C@@H](C)[C@]13CCC(C)=C1C[C@@]21[C@]3(C)CC=C2C=C[C@@]34C=C[C@]21N1C[C@]13CC[C@@H]4CCCO. The Morgan fingerprint density at radius 2 is 1.95 bits per heavy atom. The molecule has 5 fully saturated rings. The third-order valence-corrected chi connectivity index (χ3v) is 16.8. The van der Waals surface area contributed by atoms with Crippen LogP contribution in [-0.4, -0.2) is 47.4 Å². The van der Waals surface area contributed by atoms with E-state index >= 15 is 0 Å². The summed E-state index contributed by atoms with van der Waals surface area (Å²) in [7, 11) is 0. The number of aliphatic hydroxyl groups is 1. The van der Waals surface area contributed by atoms with E-state index in [1.165, 1.54) is 77.2 Å². The van der Waals surface area contributed by atoms with E-state index in [1.807, 2.05) is 5.57 Å². The van der Waals surface area contributed by atoms with E-state index in [-0.39, 0.29) is 21.8 Å². The quantitative estimate of drug-likeness (QED) is 0.191. The average Bonchev–Trinajstić information content (AvgIpc) is 3.34. The molecule has 228 valence electrons. The zero-order chi connectivity index (χ0) is 28.8. The van der Waals surface area contributed by atoms with Gasteiger partial charge in [-0.3, -0.25) is 4.90 Å². The van der Waals surface area contributed by atoms with E-state index < -0.39 is 0 Å². The Bertz CT molecular complexity index is 1340. The van der Waals surface area contributed by atoms with E-state index in [4.69, 9.17) is 4.74 Å². The molecule has 7 aliphatic carbocycles. The maximum absolute atomic E-state index is 9.79. The van der Waals surface area contributed by atoms with Crippen LogP contribution < -0.4 is 0 Å². The summed E-state index contributed by atoms with van der Waals surface area (Å²) >= 11 is 0. The predicted octanol–water partition coefficient (Wildman–Crippen LogP) is 8.16. The van der Waals surface area contributed by atoms with Crippen LogP contribution in [0.15, 0.2) is 47.1 Å². The molecule has 0 aromatic heterocycles. The lowest BCUT2D eigenvalue weighted by molar-refractivity contribution is -0.233. The second-order valence-corrected chi connectivity index (χ2v) is 16.9. The molecule has 10 rings (SSSR count). The van der Waals surface area contributed by atoms with Crippen LogP contribution in [0.5, 0.6) is 0 Å². The largest absolute Gasteiger partial charge is 0.396 e. The summed E-state index contributed by atoms with van der Waals surface area (Å²) in [5.74, 6) is 2.19. The van der Waals surface area contributed by atoms with Gasteiger partial charge in [0.2, 0.25) is 0 Å². The van der Waals surface area contributed by atoms with Crippen LogP contribution in [0.3, 0.4) is 0 Å². The molecular weight excluding hydrogens is 514 g/mol. The topological polar surface area (TPSA) is 32.5 Å². The molecule has 5 spiro atoms. The summed E-state index contributed by atoms with van der Waals surface area (Å²) in [6, 6.07) is 0. The Kier molecular flexibility index (Phi) is 5.40. The fourth-order valence-electron chi connectivity index (χ4n) is 15.6. The Balaban J connectivity index is 1.31. The fourth-order valence-corrected chi connectivity index (χ4v) is 15.6. The summed E-state index contributed by atoms with van der Waals surface area (Å²) in [4.78, 5) is 3.16. The molecule has 4 saturated carbocycles. The van der Waals surface area contributed by atoms with Crippen LogP contribution in [-0.2, 0) is 4.74 Å². The van der Waals surface area contributed by atoms with Gasteiger partial charge in [-0.2, -0.15) is 0 Å². The molecule has 0 aromatic carbocycles. The molecule has 3 heterocycles. The number of hydrogen-bond donors (Lipinski definition) is 1. The lowest BCUT2D eigenvalue weighted by atomic mass is 9.31. The van der Waals surface area contributed by atoms with Gasteiger partial charge in [0.05, 0.1) is 5.54 Å². The predicted molar refractivity (Wildman–Crippen MR) is 169 cm³/mol. The van der Waals surface area contributed by atoms with Crippen LogP contribution in [0, 0.1) is 44.8 Å². The lowest BCUT2D eigenvalue weighted by Gasteiger charge is -2.74. The van der Waals surface area contributed by atoms with Crippen molar-refractivity contribution in [3.05, 3.63) is 47.1 Å². The van der Waals surface area contributed by atoms with Gasteiger partial charge >= 0.3 is 0 Å². The Morgan fingerprint density at radius 1 is 1.07 bits per heavy atom. The molecule has 0 aromatic rings. The number of ether oxygens (including phenoxy) is 1. The third kappa shape index (κ3) is 2.48. The first-order valence-corrected chi connectivity index (χ1v) is 18.0. The molecule has 10 aliphatic rings. The Labute approximate surface area is 254 Å². The molecule has 1 N–H and O–H groups in total. The summed E-state index contributed by atoms with van der Waals surface area (Å²) in [6.07, 6.45) is 30.8. The highest BCUT2D eigenvalue weighted by molar-refractivity contribution is 5.63. The van der Waals surface area contributed by atoms with E-state index in [2.05, 4.69) is 63.0 Å². The van der Waals surface area contributed by atoms with Crippen molar-refractivity contribution in [2.45, 2.75) is 122 Å². The zero-order valence-corrected chi connectivity index (χ0v) is 26.9. The second-order valence-electron chi connectivity index (χ2n) is 16.9. The highest BCUT2D eigenvalue weighted by Crippen LogP contribution is 2.91. The minimum absolute atomic E-state index is 0.0152. The monoisotopic (exact) mass is 569 g/mol. The van der Waals surface area contributed by atoms with Crippen molar-refractivity contribution < 1.29 is 9.84 Å². The molecule has 0 radical (unpaired) electrons. The number of aliphatic hydroxyl groups excluding tert-OH is 1. The first-order valence-electron chi connectivity index (χ1n) is 18.0. The molecule has 3 aliphatic heterocycles. The second kappa shape index (κ2) is 8.35. The van der Waals surface area contributed by atoms with Gasteiger partial charge < -0.3 is 9.84 Å². The van der Waals surface area contributed by atoms with Crippen LogP contribution in [0.25, 0.3) is 0 Å². The maximum atomic E-state index is 9.79. The number of nitrogens with zero attached hydrogens (tertiary/aromatic N) is 1. The van der Waals surface area contributed by atoms with Crippen molar-refractivity contribution in [2.75, 3.05) is 26.4 Å². The molecular formula is C39H55NO2. The molecule has 0 amide bonds. The van der Waals surface area contributed by atoms with Gasteiger partial charge in [-0.25, -0.2) is 0 Å². The summed E-state index contributed by atoms with van der Waals surface area (Å²) in [6.45, 7) is 13.6. The summed E-state index contributed by atoms with van der Waals surface area (Å²) in [5, 5.41) is 9.79. The van der Waals surface area contributed by atoms with Gasteiger partial charge in [-0.05, 0) is 125 Å². The molecule has 4 bridgehead atoms. The number of allylic oxidation sites excluding steroid dienone is 3. The molecule has 1 unspecified atom stereocenters. The minimum Gasteiger partial charge on any atom is -0.396 e. The number of rotatable bonds is 7. The fraction of sp³-hybridized carbons (Fsp3) is 0.795.